The number of benzene rings is 2. The molecule has 1 aliphatic heterocycles. The maximum Gasteiger partial charge on any atom is 0.264 e. The van der Waals surface area contributed by atoms with Crippen molar-refractivity contribution < 1.29 is 14.3 Å². The van der Waals surface area contributed by atoms with E-state index in [0.717, 1.165) is 52.5 Å². The number of nitrogens with zero attached hydrogens (tertiary/aromatic N) is 2. The molecular formula is C27H29N3O3S. The molecule has 1 saturated carbocycles. The van der Waals surface area contributed by atoms with E-state index in [-0.39, 0.29) is 11.8 Å². The van der Waals surface area contributed by atoms with E-state index in [9.17, 15) is 9.59 Å². The first-order chi connectivity index (χ1) is 16.6. The number of rotatable bonds is 7. The highest BCUT2D eigenvalue weighted by molar-refractivity contribution is 7.18. The van der Waals surface area contributed by atoms with Gasteiger partial charge in [-0.1, -0.05) is 42.5 Å². The molecule has 0 bridgehead atoms. The van der Waals surface area contributed by atoms with Crippen molar-refractivity contribution in [1.29, 1.82) is 0 Å². The van der Waals surface area contributed by atoms with Crippen molar-refractivity contribution in [1.82, 2.24) is 10.2 Å². The van der Waals surface area contributed by atoms with E-state index in [1.54, 1.807) is 16.2 Å². The number of amides is 2. The highest BCUT2D eigenvalue weighted by Gasteiger charge is 2.25. The third-order valence-corrected chi connectivity index (χ3v) is 7.39. The van der Waals surface area contributed by atoms with Crippen molar-refractivity contribution in [2.45, 2.75) is 25.4 Å². The summed E-state index contributed by atoms with van der Waals surface area (Å²) in [4.78, 5) is 30.4. The summed E-state index contributed by atoms with van der Waals surface area (Å²) in [5.41, 5.74) is 3.86. The van der Waals surface area contributed by atoms with Crippen molar-refractivity contribution in [2.75, 3.05) is 38.3 Å². The molecule has 176 valence electrons. The predicted molar refractivity (Wildman–Crippen MR) is 136 cm³/mol. The maximum atomic E-state index is 13.4. The fourth-order valence-electron chi connectivity index (χ4n) is 4.10. The number of morpholine rings is 1. The topological polar surface area (TPSA) is 61.9 Å². The summed E-state index contributed by atoms with van der Waals surface area (Å²) < 4.78 is 5.53. The molecule has 1 saturated heterocycles. The van der Waals surface area contributed by atoms with Gasteiger partial charge in [-0.15, -0.1) is 11.3 Å². The van der Waals surface area contributed by atoms with Gasteiger partial charge in [-0.25, -0.2) is 0 Å². The molecule has 2 amide bonds. The molecule has 0 radical (unpaired) electrons. The van der Waals surface area contributed by atoms with Crippen molar-refractivity contribution in [3.63, 3.8) is 0 Å². The molecule has 2 heterocycles. The van der Waals surface area contributed by atoms with E-state index in [1.165, 1.54) is 0 Å². The highest BCUT2D eigenvalue weighted by atomic mass is 32.1. The summed E-state index contributed by atoms with van der Waals surface area (Å²) in [6.07, 6.45) is 2.14. The number of ether oxygens (including phenoxy) is 1. The maximum absolute atomic E-state index is 13.4. The smallest absolute Gasteiger partial charge is 0.264 e. The Kier molecular flexibility index (Phi) is 6.65. The standard InChI is InChI=1S/C27H29N3O3S/c1-29(18-19-7-9-21(10-8-19)25(31)28-22-11-12-22)26(32)24-17-23(20-5-3-2-4-6-20)27(34-24)30-13-15-33-16-14-30/h2-10,17,22H,11-16,18H2,1H3,(H,28,31). The van der Waals surface area contributed by atoms with Gasteiger partial charge in [0, 0.05) is 43.9 Å². The molecule has 34 heavy (non-hydrogen) atoms. The van der Waals surface area contributed by atoms with Gasteiger partial charge in [0.15, 0.2) is 0 Å². The Bertz CT molecular complexity index is 1150. The minimum Gasteiger partial charge on any atom is -0.378 e. The molecule has 2 aliphatic rings. The third-order valence-electron chi connectivity index (χ3n) is 6.20. The number of carbonyl (C=O) groups is 2. The molecule has 0 unspecified atom stereocenters. The molecule has 1 aliphatic carbocycles. The molecule has 7 heteroatoms. The van der Waals surface area contributed by atoms with Gasteiger partial charge in [-0.2, -0.15) is 0 Å². The van der Waals surface area contributed by atoms with Crippen LogP contribution < -0.4 is 10.2 Å². The predicted octanol–water partition coefficient (Wildman–Crippen LogP) is 4.42. The first-order valence-corrected chi connectivity index (χ1v) is 12.6. The van der Waals surface area contributed by atoms with Gasteiger partial charge in [0.05, 0.1) is 23.1 Å². The molecule has 3 aromatic rings. The number of hydrogen-bond donors (Lipinski definition) is 1. The molecular weight excluding hydrogens is 446 g/mol. The minimum atomic E-state index is -0.0267. The van der Waals surface area contributed by atoms with Crippen LogP contribution in [0.3, 0.4) is 0 Å². The van der Waals surface area contributed by atoms with E-state index in [2.05, 4.69) is 22.3 Å². The summed E-state index contributed by atoms with van der Waals surface area (Å²) in [5, 5.41) is 4.13. The first kappa shape index (κ1) is 22.6. The fraction of sp³-hybridized carbons (Fsp3) is 0.333. The van der Waals surface area contributed by atoms with Crippen LogP contribution in [0.15, 0.2) is 60.7 Å². The SMILES string of the molecule is CN(Cc1ccc(C(=O)NC2CC2)cc1)C(=O)c1cc(-c2ccccc2)c(N2CCOCC2)s1. The second-order valence-electron chi connectivity index (χ2n) is 8.90. The average Bonchev–Trinajstić information content (AvgIpc) is 3.58. The van der Waals surface area contributed by atoms with E-state index in [4.69, 9.17) is 4.74 Å². The molecule has 0 atom stereocenters. The quantitative estimate of drug-likeness (QED) is 0.550. The van der Waals surface area contributed by atoms with Gasteiger partial charge >= 0.3 is 0 Å². The monoisotopic (exact) mass is 475 g/mol. The zero-order chi connectivity index (χ0) is 23.5. The number of thiophene rings is 1. The van der Waals surface area contributed by atoms with Crippen LogP contribution in [0.5, 0.6) is 0 Å². The Morgan fingerprint density at radius 1 is 1.06 bits per heavy atom. The zero-order valence-electron chi connectivity index (χ0n) is 19.3. The van der Waals surface area contributed by atoms with Crippen molar-refractivity contribution >= 4 is 28.2 Å². The van der Waals surface area contributed by atoms with Crippen LogP contribution in [-0.4, -0.2) is 56.1 Å². The van der Waals surface area contributed by atoms with Gasteiger partial charge < -0.3 is 19.9 Å². The van der Waals surface area contributed by atoms with Gasteiger partial charge in [-0.05, 0) is 42.2 Å². The minimum absolute atomic E-state index is 0.00255. The molecule has 1 N–H and O–H groups in total. The molecule has 1 aromatic heterocycles. The van der Waals surface area contributed by atoms with Gasteiger partial charge in [0.1, 0.15) is 0 Å². The molecule has 2 fully saturated rings. The second-order valence-corrected chi connectivity index (χ2v) is 9.93. The van der Waals surface area contributed by atoms with Crippen LogP contribution in [0, 0.1) is 0 Å². The second kappa shape index (κ2) is 9.99. The van der Waals surface area contributed by atoms with Gasteiger partial charge in [0.2, 0.25) is 0 Å². The molecule has 5 rings (SSSR count). The normalized spacial score (nSPS) is 15.7. The van der Waals surface area contributed by atoms with Crippen LogP contribution in [0.4, 0.5) is 5.00 Å². The lowest BCUT2D eigenvalue weighted by Gasteiger charge is -2.28. The largest absolute Gasteiger partial charge is 0.378 e. The van der Waals surface area contributed by atoms with Crippen LogP contribution in [0.25, 0.3) is 11.1 Å². The number of nitrogens with one attached hydrogen (secondary N) is 1. The number of carbonyl (C=O) groups excluding carboxylic acids is 2. The number of anilines is 1. The highest BCUT2D eigenvalue weighted by Crippen LogP contribution is 2.39. The number of hydrogen-bond acceptors (Lipinski definition) is 5. The van der Waals surface area contributed by atoms with E-state index < -0.39 is 0 Å². The van der Waals surface area contributed by atoms with Crippen LogP contribution in [0.1, 0.15) is 38.4 Å². The van der Waals surface area contributed by atoms with Gasteiger partial charge in [0.25, 0.3) is 11.8 Å². The Morgan fingerprint density at radius 2 is 1.76 bits per heavy atom. The lowest BCUT2D eigenvalue weighted by molar-refractivity contribution is 0.0789. The summed E-state index contributed by atoms with van der Waals surface area (Å²) >= 11 is 1.55. The Hall–Kier alpha value is -3.16. The lowest BCUT2D eigenvalue weighted by Crippen LogP contribution is -2.35. The van der Waals surface area contributed by atoms with Gasteiger partial charge in [-0.3, -0.25) is 9.59 Å². The van der Waals surface area contributed by atoms with Crippen molar-refractivity contribution in [3.05, 3.63) is 76.7 Å². The first-order valence-electron chi connectivity index (χ1n) is 11.8. The van der Waals surface area contributed by atoms with E-state index in [0.29, 0.717) is 31.4 Å². The lowest BCUT2D eigenvalue weighted by atomic mass is 10.1. The summed E-state index contributed by atoms with van der Waals surface area (Å²) in [6, 6.07) is 20.1. The van der Waals surface area contributed by atoms with Crippen molar-refractivity contribution in [2.24, 2.45) is 0 Å². The molecule has 6 nitrogen and oxygen atoms in total. The third kappa shape index (κ3) is 5.16. The van der Waals surface area contributed by atoms with Crippen LogP contribution in [0.2, 0.25) is 0 Å². The molecule has 0 spiro atoms. The fourth-order valence-corrected chi connectivity index (χ4v) is 5.33. The van der Waals surface area contributed by atoms with E-state index in [1.807, 2.05) is 55.6 Å². The molecule has 2 aromatic carbocycles. The van der Waals surface area contributed by atoms with Crippen LogP contribution in [-0.2, 0) is 11.3 Å². The Labute approximate surface area is 204 Å². The van der Waals surface area contributed by atoms with E-state index >= 15 is 0 Å². The summed E-state index contributed by atoms with van der Waals surface area (Å²) in [5.74, 6) is -0.0293. The summed E-state index contributed by atoms with van der Waals surface area (Å²) in [7, 11) is 1.83. The van der Waals surface area contributed by atoms with Crippen molar-refractivity contribution in [3.8, 4) is 11.1 Å². The summed E-state index contributed by atoms with van der Waals surface area (Å²) in [6.45, 7) is 3.53. The zero-order valence-corrected chi connectivity index (χ0v) is 20.1. The van der Waals surface area contributed by atoms with Crippen LogP contribution >= 0.6 is 11.3 Å². The Balaban J connectivity index is 1.32. The Morgan fingerprint density at radius 3 is 2.44 bits per heavy atom. The average molecular weight is 476 g/mol.